The molecule has 0 aliphatic rings. The van der Waals surface area contributed by atoms with Crippen molar-refractivity contribution in [3.8, 4) is 0 Å². The Bertz CT molecular complexity index is 679. The third kappa shape index (κ3) is 4.02. The molecule has 4 nitrogen and oxygen atoms in total. The highest BCUT2D eigenvalue weighted by Gasteiger charge is 2.12. The van der Waals surface area contributed by atoms with Crippen LogP contribution in [0.3, 0.4) is 0 Å². The number of thiocarbonyl (C=S) groups is 1. The van der Waals surface area contributed by atoms with Gasteiger partial charge in [-0.05, 0) is 23.1 Å². The molecule has 0 saturated carbocycles. The summed E-state index contributed by atoms with van der Waals surface area (Å²) in [6, 6.07) is 8.63. The van der Waals surface area contributed by atoms with Crippen molar-refractivity contribution in [2.75, 3.05) is 4.72 Å². The summed E-state index contributed by atoms with van der Waals surface area (Å²) < 4.78 is 26.5. The molecule has 0 spiro atoms. The Labute approximate surface area is 121 Å². The SMILES string of the molecule is NC(=S)c1cccc(CS(=O)(=O)Nc2ccsc2)c1. The van der Waals surface area contributed by atoms with Gasteiger partial charge in [0.2, 0.25) is 10.0 Å². The maximum absolute atomic E-state index is 12.0. The molecule has 7 heteroatoms. The van der Waals surface area contributed by atoms with Gasteiger partial charge in [-0.15, -0.1) is 0 Å². The Morgan fingerprint density at radius 1 is 1.37 bits per heavy atom. The molecule has 1 aromatic heterocycles. The normalized spacial score (nSPS) is 11.2. The van der Waals surface area contributed by atoms with Gasteiger partial charge in [0.15, 0.2) is 0 Å². The summed E-state index contributed by atoms with van der Waals surface area (Å²) >= 11 is 6.30. The molecule has 0 fully saturated rings. The Balaban J connectivity index is 2.16. The van der Waals surface area contributed by atoms with E-state index in [9.17, 15) is 8.42 Å². The number of hydrogen-bond acceptors (Lipinski definition) is 4. The first-order chi connectivity index (χ1) is 8.96. The lowest BCUT2D eigenvalue weighted by Crippen LogP contribution is -2.15. The monoisotopic (exact) mass is 312 g/mol. The van der Waals surface area contributed by atoms with E-state index in [2.05, 4.69) is 4.72 Å². The van der Waals surface area contributed by atoms with Crippen LogP contribution in [0.25, 0.3) is 0 Å². The van der Waals surface area contributed by atoms with E-state index in [1.807, 2.05) is 5.38 Å². The number of nitrogens with two attached hydrogens (primary N) is 1. The first kappa shape index (κ1) is 14.0. The van der Waals surface area contributed by atoms with E-state index < -0.39 is 10.0 Å². The van der Waals surface area contributed by atoms with Gasteiger partial charge in [0, 0.05) is 10.9 Å². The highest BCUT2D eigenvalue weighted by molar-refractivity contribution is 7.91. The molecule has 0 saturated heterocycles. The van der Waals surface area contributed by atoms with E-state index in [1.54, 1.807) is 35.7 Å². The molecule has 100 valence electrons. The highest BCUT2D eigenvalue weighted by atomic mass is 32.2. The fourth-order valence-corrected chi connectivity index (χ4v) is 3.54. The van der Waals surface area contributed by atoms with Crippen LogP contribution in [0.15, 0.2) is 41.1 Å². The van der Waals surface area contributed by atoms with E-state index >= 15 is 0 Å². The third-order valence-corrected chi connectivity index (χ3v) is 4.54. The molecular weight excluding hydrogens is 300 g/mol. The van der Waals surface area contributed by atoms with Crippen LogP contribution in [0.4, 0.5) is 5.69 Å². The molecule has 0 atom stereocenters. The molecule has 0 bridgehead atoms. The van der Waals surface area contributed by atoms with Gasteiger partial charge in [-0.1, -0.05) is 30.4 Å². The number of rotatable bonds is 5. The zero-order valence-corrected chi connectivity index (χ0v) is 12.3. The summed E-state index contributed by atoms with van der Waals surface area (Å²) in [5, 5.41) is 3.55. The highest BCUT2D eigenvalue weighted by Crippen LogP contribution is 2.16. The first-order valence-corrected chi connectivity index (χ1v) is 8.38. The Morgan fingerprint density at radius 3 is 2.79 bits per heavy atom. The van der Waals surface area contributed by atoms with Crippen LogP contribution in [0.2, 0.25) is 0 Å². The first-order valence-electron chi connectivity index (χ1n) is 5.38. The van der Waals surface area contributed by atoms with E-state index in [4.69, 9.17) is 18.0 Å². The molecule has 3 N–H and O–H groups in total. The van der Waals surface area contributed by atoms with Gasteiger partial charge in [-0.3, -0.25) is 4.72 Å². The van der Waals surface area contributed by atoms with Crippen molar-refractivity contribution in [3.05, 3.63) is 52.2 Å². The summed E-state index contributed by atoms with van der Waals surface area (Å²) in [5.41, 5.74) is 7.41. The number of nitrogens with one attached hydrogen (secondary N) is 1. The van der Waals surface area contributed by atoms with Gasteiger partial charge >= 0.3 is 0 Å². The predicted octanol–water partition coefficient (Wildman–Crippen LogP) is 2.32. The summed E-state index contributed by atoms with van der Waals surface area (Å²) in [7, 11) is -3.43. The van der Waals surface area contributed by atoms with Crippen molar-refractivity contribution < 1.29 is 8.42 Å². The molecule has 2 rings (SSSR count). The van der Waals surface area contributed by atoms with Crippen molar-refractivity contribution in [1.82, 2.24) is 0 Å². The number of sulfonamides is 1. The molecule has 0 unspecified atom stereocenters. The van der Waals surface area contributed by atoms with E-state index in [0.717, 1.165) is 0 Å². The average Bonchev–Trinajstić information content (AvgIpc) is 2.80. The van der Waals surface area contributed by atoms with Crippen molar-refractivity contribution in [1.29, 1.82) is 0 Å². The van der Waals surface area contributed by atoms with Crippen molar-refractivity contribution in [2.24, 2.45) is 5.73 Å². The van der Waals surface area contributed by atoms with Crippen LogP contribution in [0.1, 0.15) is 11.1 Å². The second-order valence-corrected chi connectivity index (χ2v) is 6.88. The Hall–Kier alpha value is -1.44. The topological polar surface area (TPSA) is 72.2 Å². The van der Waals surface area contributed by atoms with Crippen LogP contribution in [0.5, 0.6) is 0 Å². The number of hydrogen-bond donors (Lipinski definition) is 2. The smallest absolute Gasteiger partial charge is 0.236 e. The number of thiophene rings is 1. The molecule has 0 radical (unpaired) electrons. The summed E-state index contributed by atoms with van der Waals surface area (Å²) in [5.74, 6) is -0.112. The Morgan fingerprint density at radius 2 is 2.16 bits per heavy atom. The van der Waals surface area contributed by atoms with Crippen LogP contribution >= 0.6 is 23.6 Å². The molecule has 0 amide bonds. The van der Waals surface area contributed by atoms with E-state index in [1.165, 1.54) is 11.3 Å². The zero-order valence-electron chi connectivity index (χ0n) is 9.87. The van der Waals surface area contributed by atoms with Gasteiger partial charge in [-0.2, -0.15) is 11.3 Å². The lowest BCUT2D eigenvalue weighted by molar-refractivity contribution is 0.600. The second-order valence-electron chi connectivity index (χ2n) is 3.94. The summed E-state index contributed by atoms with van der Waals surface area (Å²) in [6.07, 6.45) is 0. The van der Waals surface area contributed by atoms with E-state index in [-0.39, 0.29) is 10.7 Å². The number of anilines is 1. The summed E-state index contributed by atoms with van der Waals surface area (Å²) in [6.45, 7) is 0. The Kier molecular flexibility index (Phi) is 4.18. The maximum Gasteiger partial charge on any atom is 0.236 e. The van der Waals surface area contributed by atoms with Gasteiger partial charge in [0.05, 0.1) is 11.4 Å². The van der Waals surface area contributed by atoms with Crippen molar-refractivity contribution >= 4 is 44.3 Å². The molecule has 0 aliphatic heterocycles. The van der Waals surface area contributed by atoms with Crippen LogP contribution < -0.4 is 10.5 Å². The minimum absolute atomic E-state index is 0.112. The van der Waals surface area contributed by atoms with Crippen LogP contribution in [-0.4, -0.2) is 13.4 Å². The largest absolute Gasteiger partial charge is 0.389 e. The minimum atomic E-state index is -3.43. The average molecular weight is 312 g/mol. The fourth-order valence-electron chi connectivity index (χ4n) is 1.57. The quantitative estimate of drug-likeness (QED) is 0.831. The fraction of sp³-hybridized carbons (Fsp3) is 0.0833. The minimum Gasteiger partial charge on any atom is -0.389 e. The van der Waals surface area contributed by atoms with Gasteiger partial charge in [-0.25, -0.2) is 8.42 Å². The summed E-state index contributed by atoms with van der Waals surface area (Å²) in [4.78, 5) is 0.255. The lowest BCUT2D eigenvalue weighted by atomic mass is 10.1. The molecule has 19 heavy (non-hydrogen) atoms. The molecule has 2 aromatic rings. The van der Waals surface area contributed by atoms with Crippen LogP contribution in [0, 0.1) is 0 Å². The van der Waals surface area contributed by atoms with Gasteiger partial charge in [0.1, 0.15) is 4.99 Å². The zero-order chi connectivity index (χ0) is 13.9. The van der Waals surface area contributed by atoms with Crippen molar-refractivity contribution in [2.45, 2.75) is 5.75 Å². The van der Waals surface area contributed by atoms with E-state index in [0.29, 0.717) is 16.8 Å². The standard InChI is InChI=1S/C12H12N2O2S3/c13-12(17)10-3-1-2-9(6-10)8-19(15,16)14-11-4-5-18-7-11/h1-7,14H,8H2,(H2,13,17). The second kappa shape index (κ2) is 5.68. The number of benzene rings is 1. The maximum atomic E-state index is 12.0. The third-order valence-electron chi connectivity index (χ3n) is 2.36. The predicted molar refractivity (Wildman–Crippen MR) is 82.9 cm³/mol. The molecule has 1 heterocycles. The van der Waals surface area contributed by atoms with Gasteiger partial charge in [0.25, 0.3) is 0 Å². The van der Waals surface area contributed by atoms with Gasteiger partial charge < -0.3 is 5.73 Å². The molecular formula is C12H12N2O2S3. The lowest BCUT2D eigenvalue weighted by Gasteiger charge is -2.07. The van der Waals surface area contributed by atoms with Crippen molar-refractivity contribution in [3.63, 3.8) is 0 Å². The van der Waals surface area contributed by atoms with Crippen LogP contribution in [-0.2, 0) is 15.8 Å². The molecule has 0 aliphatic carbocycles. The molecule has 1 aromatic carbocycles.